The number of sulfonamides is 1. The van der Waals surface area contributed by atoms with Crippen LogP contribution in [0, 0.1) is 16.0 Å². The Labute approximate surface area is 173 Å². The average molecular weight is 428 g/mol. The predicted octanol–water partition coefficient (Wildman–Crippen LogP) is 3.89. The molecule has 10 heteroatoms. The van der Waals surface area contributed by atoms with E-state index in [9.17, 15) is 18.5 Å². The van der Waals surface area contributed by atoms with Crippen molar-refractivity contribution in [3.8, 4) is 17.1 Å². The first-order valence-electron chi connectivity index (χ1n) is 9.09. The van der Waals surface area contributed by atoms with Crippen molar-refractivity contribution in [1.82, 2.24) is 10.2 Å². The van der Waals surface area contributed by atoms with Crippen LogP contribution in [0.2, 0.25) is 0 Å². The van der Waals surface area contributed by atoms with E-state index in [0.717, 1.165) is 11.6 Å². The number of nitrogens with one attached hydrogen (secondary N) is 1. The summed E-state index contributed by atoms with van der Waals surface area (Å²) in [6.45, 7) is 4.61. The Morgan fingerprint density at radius 2 is 1.73 bits per heavy atom. The van der Waals surface area contributed by atoms with Crippen molar-refractivity contribution in [2.75, 3.05) is 11.3 Å². The van der Waals surface area contributed by atoms with Gasteiger partial charge in [-0.3, -0.25) is 14.8 Å². The summed E-state index contributed by atoms with van der Waals surface area (Å²) in [4.78, 5) is 9.98. The molecule has 0 radical (unpaired) electrons. The van der Waals surface area contributed by atoms with E-state index in [1.165, 1.54) is 18.2 Å². The quantitative estimate of drug-likeness (QED) is 0.426. The number of ether oxygens (including phenoxy) is 1. The number of rotatable bonds is 8. The molecule has 0 saturated carbocycles. The maximum atomic E-state index is 12.6. The van der Waals surface area contributed by atoms with Gasteiger partial charge in [0.2, 0.25) is 5.88 Å². The van der Waals surface area contributed by atoms with Gasteiger partial charge in [-0.15, -0.1) is 10.2 Å². The van der Waals surface area contributed by atoms with Crippen molar-refractivity contribution in [3.63, 3.8) is 0 Å². The second-order valence-corrected chi connectivity index (χ2v) is 8.52. The predicted molar refractivity (Wildman–Crippen MR) is 112 cm³/mol. The third-order valence-corrected chi connectivity index (χ3v) is 5.42. The highest BCUT2D eigenvalue weighted by Gasteiger charge is 2.25. The molecular formula is C20H20N4O5S. The second-order valence-electron chi connectivity index (χ2n) is 6.87. The lowest BCUT2D eigenvalue weighted by atomic mass is 10.1. The minimum Gasteiger partial charge on any atom is -0.476 e. The number of anilines is 1. The molecule has 0 saturated heterocycles. The molecule has 0 atom stereocenters. The Kier molecular flexibility index (Phi) is 6.26. The van der Waals surface area contributed by atoms with E-state index in [1.807, 2.05) is 13.8 Å². The monoisotopic (exact) mass is 428 g/mol. The van der Waals surface area contributed by atoms with Crippen LogP contribution in [0.15, 0.2) is 65.6 Å². The molecule has 1 aromatic heterocycles. The van der Waals surface area contributed by atoms with Crippen LogP contribution < -0.4 is 9.46 Å². The van der Waals surface area contributed by atoms with Gasteiger partial charge in [0.1, 0.15) is 0 Å². The van der Waals surface area contributed by atoms with Crippen molar-refractivity contribution < 1.29 is 18.1 Å². The summed E-state index contributed by atoms with van der Waals surface area (Å²) < 4.78 is 33.0. The van der Waals surface area contributed by atoms with Crippen LogP contribution >= 0.6 is 0 Å². The third kappa shape index (κ3) is 5.09. The van der Waals surface area contributed by atoms with Gasteiger partial charge >= 0.3 is 0 Å². The van der Waals surface area contributed by atoms with Crippen LogP contribution in [0.3, 0.4) is 0 Å². The maximum Gasteiger partial charge on any atom is 0.289 e. The smallest absolute Gasteiger partial charge is 0.289 e. The van der Waals surface area contributed by atoms with Gasteiger partial charge in [0, 0.05) is 23.4 Å². The Morgan fingerprint density at radius 1 is 1.03 bits per heavy atom. The largest absolute Gasteiger partial charge is 0.476 e. The molecule has 0 aliphatic heterocycles. The van der Waals surface area contributed by atoms with Crippen molar-refractivity contribution in [3.05, 3.63) is 70.8 Å². The molecule has 0 aliphatic carbocycles. The Morgan fingerprint density at radius 3 is 2.33 bits per heavy atom. The summed E-state index contributed by atoms with van der Waals surface area (Å²) in [6, 6.07) is 15.1. The zero-order chi connectivity index (χ0) is 21.7. The van der Waals surface area contributed by atoms with Gasteiger partial charge in [0.15, 0.2) is 4.90 Å². The third-order valence-electron chi connectivity index (χ3n) is 3.99. The fourth-order valence-corrected chi connectivity index (χ4v) is 3.79. The number of nitrogens with zero attached hydrogens (tertiary/aromatic N) is 3. The number of nitro groups is 1. The van der Waals surface area contributed by atoms with Gasteiger partial charge in [-0.05, 0) is 30.2 Å². The Balaban J connectivity index is 1.75. The second kappa shape index (κ2) is 8.87. The van der Waals surface area contributed by atoms with Crippen LogP contribution in [0.1, 0.15) is 13.8 Å². The molecule has 0 fully saturated rings. The molecule has 3 aromatic rings. The lowest BCUT2D eigenvalue weighted by molar-refractivity contribution is -0.387. The number of para-hydroxylation sites is 1. The standard InChI is InChI=1S/C20H20N4O5S/c1-14(2)13-29-20-12-11-17(21-22-20)15-7-9-16(10-8-15)23-30(27,28)19-6-4-3-5-18(19)24(25)26/h3-12,14,23H,13H2,1-2H3. The van der Waals surface area contributed by atoms with Gasteiger partial charge in [0.05, 0.1) is 17.2 Å². The van der Waals surface area contributed by atoms with Crippen LogP contribution in [-0.2, 0) is 10.0 Å². The Bertz CT molecular complexity index is 1130. The molecule has 1 N–H and O–H groups in total. The average Bonchev–Trinajstić information content (AvgIpc) is 2.73. The molecule has 0 spiro atoms. The summed E-state index contributed by atoms with van der Waals surface area (Å²) in [5, 5.41) is 19.3. The van der Waals surface area contributed by atoms with E-state index in [0.29, 0.717) is 24.1 Å². The fraction of sp³-hybridized carbons (Fsp3) is 0.200. The minimum atomic E-state index is -4.12. The van der Waals surface area contributed by atoms with Gasteiger partial charge < -0.3 is 4.74 Å². The zero-order valence-corrected chi connectivity index (χ0v) is 17.2. The van der Waals surface area contributed by atoms with Crippen molar-refractivity contribution >= 4 is 21.4 Å². The van der Waals surface area contributed by atoms with Gasteiger partial charge in [-0.1, -0.05) is 38.1 Å². The summed E-state index contributed by atoms with van der Waals surface area (Å²) in [5.41, 5.74) is 1.10. The first kappa shape index (κ1) is 21.2. The topological polar surface area (TPSA) is 124 Å². The number of benzene rings is 2. The highest BCUT2D eigenvalue weighted by atomic mass is 32.2. The van der Waals surface area contributed by atoms with Crippen molar-refractivity contribution in [1.29, 1.82) is 0 Å². The van der Waals surface area contributed by atoms with E-state index >= 15 is 0 Å². The van der Waals surface area contributed by atoms with Gasteiger partial charge in [-0.25, -0.2) is 8.42 Å². The van der Waals surface area contributed by atoms with Gasteiger partial charge in [0.25, 0.3) is 15.7 Å². The van der Waals surface area contributed by atoms with Crippen LogP contribution in [0.5, 0.6) is 5.88 Å². The highest BCUT2D eigenvalue weighted by molar-refractivity contribution is 7.92. The Hall–Kier alpha value is -3.53. The van der Waals surface area contributed by atoms with Crippen molar-refractivity contribution in [2.45, 2.75) is 18.7 Å². The molecule has 3 rings (SSSR count). The molecule has 156 valence electrons. The van der Waals surface area contributed by atoms with Crippen LogP contribution in [0.25, 0.3) is 11.3 Å². The minimum absolute atomic E-state index is 0.266. The molecule has 0 amide bonds. The normalized spacial score (nSPS) is 11.3. The molecule has 0 unspecified atom stereocenters. The first-order valence-corrected chi connectivity index (χ1v) is 10.6. The van der Waals surface area contributed by atoms with Crippen molar-refractivity contribution in [2.24, 2.45) is 5.92 Å². The summed E-state index contributed by atoms with van der Waals surface area (Å²) >= 11 is 0. The van der Waals surface area contributed by atoms with E-state index in [4.69, 9.17) is 4.74 Å². The highest BCUT2D eigenvalue weighted by Crippen LogP contribution is 2.26. The molecular weight excluding hydrogens is 408 g/mol. The molecule has 2 aromatic carbocycles. The van der Waals surface area contributed by atoms with Crippen LogP contribution in [-0.4, -0.2) is 30.1 Å². The molecule has 30 heavy (non-hydrogen) atoms. The molecule has 9 nitrogen and oxygen atoms in total. The molecule has 0 bridgehead atoms. The van der Waals surface area contributed by atoms with E-state index in [1.54, 1.807) is 36.4 Å². The molecule has 0 aliphatic rings. The number of hydrogen-bond donors (Lipinski definition) is 1. The summed E-state index contributed by atoms with van der Waals surface area (Å²) in [6.07, 6.45) is 0. The lowest BCUT2D eigenvalue weighted by Crippen LogP contribution is -2.14. The number of nitro benzene ring substituents is 1. The molecule has 1 heterocycles. The lowest BCUT2D eigenvalue weighted by Gasteiger charge is -2.09. The fourth-order valence-electron chi connectivity index (χ4n) is 2.56. The van der Waals surface area contributed by atoms with E-state index < -0.39 is 25.5 Å². The maximum absolute atomic E-state index is 12.6. The zero-order valence-electron chi connectivity index (χ0n) is 16.3. The first-order chi connectivity index (χ1) is 14.3. The number of aromatic nitrogens is 2. The van der Waals surface area contributed by atoms with Gasteiger partial charge in [-0.2, -0.15) is 0 Å². The number of hydrogen-bond acceptors (Lipinski definition) is 7. The van der Waals surface area contributed by atoms with E-state index in [2.05, 4.69) is 14.9 Å². The SMILES string of the molecule is CC(C)COc1ccc(-c2ccc(NS(=O)(=O)c3ccccc3[N+](=O)[O-])cc2)nn1. The summed E-state index contributed by atoms with van der Waals surface area (Å²) in [5.74, 6) is 0.807. The van der Waals surface area contributed by atoms with Crippen LogP contribution in [0.4, 0.5) is 11.4 Å². The van der Waals surface area contributed by atoms with E-state index in [-0.39, 0.29) is 5.69 Å². The summed E-state index contributed by atoms with van der Waals surface area (Å²) in [7, 11) is -4.12.